The molecule has 1 saturated heterocycles. The van der Waals surface area contributed by atoms with Crippen molar-refractivity contribution in [2.24, 2.45) is 0 Å². The van der Waals surface area contributed by atoms with Gasteiger partial charge in [-0.05, 0) is 6.42 Å². The van der Waals surface area contributed by atoms with Crippen molar-refractivity contribution in [3.8, 4) is 0 Å². The Morgan fingerprint density at radius 2 is 2.15 bits per heavy atom. The lowest BCUT2D eigenvalue weighted by atomic mass is 10.2. The fourth-order valence-electron chi connectivity index (χ4n) is 1.16. The highest BCUT2D eigenvalue weighted by Gasteiger charge is 2.39. The lowest BCUT2D eigenvalue weighted by Crippen LogP contribution is -2.03. The Kier molecular flexibility index (Phi) is 3.88. The number of unbranched alkanes of at least 4 members (excludes halogenated alkanes) is 1. The Hall–Kier alpha value is 0.0700. The smallest absolute Gasteiger partial charge is 0.367 e. The number of ether oxygens (including phenoxy) is 1. The summed E-state index contributed by atoms with van der Waals surface area (Å²) in [7, 11) is -4.31. The van der Waals surface area contributed by atoms with Crippen molar-refractivity contribution >= 4 is 7.82 Å². The predicted octanol–water partition coefficient (Wildman–Crippen LogP) is 1.05. The highest BCUT2D eigenvalue weighted by Crippen LogP contribution is 2.38. The Balaban J connectivity index is 2.04. The van der Waals surface area contributed by atoms with Crippen molar-refractivity contribution in [3.05, 3.63) is 0 Å². The maximum atomic E-state index is 10.3. The van der Waals surface area contributed by atoms with E-state index in [-0.39, 0.29) is 18.8 Å². The monoisotopic (exact) mass is 210 g/mol. The first-order valence-corrected chi connectivity index (χ1v) is 5.91. The van der Waals surface area contributed by atoms with E-state index in [1.807, 2.05) is 0 Å². The van der Waals surface area contributed by atoms with Crippen molar-refractivity contribution in [1.82, 2.24) is 0 Å². The summed E-state index contributed by atoms with van der Waals surface area (Å²) >= 11 is 0. The van der Waals surface area contributed by atoms with Crippen molar-refractivity contribution in [3.63, 3.8) is 0 Å². The molecule has 2 N–H and O–H groups in total. The lowest BCUT2D eigenvalue weighted by Gasteiger charge is -2.01. The molecular formula is C7H15O5P. The molecule has 13 heavy (non-hydrogen) atoms. The summed E-state index contributed by atoms with van der Waals surface area (Å²) in [5.41, 5.74) is 0. The molecule has 78 valence electrons. The molecule has 0 amide bonds. The fraction of sp³-hybridized carbons (Fsp3) is 1.00. The molecule has 0 bridgehead atoms. The van der Waals surface area contributed by atoms with Gasteiger partial charge in [0, 0.05) is 0 Å². The molecule has 0 saturated carbocycles. The van der Waals surface area contributed by atoms with Gasteiger partial charge in [-0.3, -0.25) is 4.52 Å². The SMILES string of the molecule is CCCCC1OC1COP(=O)(O)O. The first-order valence-electron chi connectivity index (χ1n) is 4.38. The molecule has 1 aliphatic heterocycles. The first kappa shape index (κ1) is 11.1. The molecule has 2 unspecified atom stereocenters. The van der Waals surface area contributed by atoms with Gasteiger partial charge in [-0.1, -0.05) is 19.8 Å². The highest BCUT2D eigenvalue weighted by atomic mass is 31.2. The number of hydrogen-bond acceptors (Lipinski definition) is 3. The molecule has 1 heterocycles. The fourth-order valence-corrected chi connectivity index (χ4v) is 1.50. The Labute approximate surface area is 77.3 Å². The van der Waals surface area contributed by atoms with E-state index in [4.69, 9.17) is 14.5 Å². The average molecular weight is 210 g/mol. The second-order valence-corrected chi connectivity index (χ2v) is 4.38. The molecule has 1 aliphatic rings. The van der Waals surface area contributed by atoms with Gasteiger partial charge < -0.3 is 14.5 Å². The first-order chi connectivity index (χ1) is 6.03. The van der Waals surface area contributed by atoms with Crippen LogP contribution in [0.3, 0.4) is 0 Å². The van der Waals surface area contributed by atoms with Crippen LogP contribution in [0, 0.1) is 0 Å². The maximum absolute atomic E-state index is 10.3. The summed E-state index contributed by atoms with van der Waals surface area (Å²) in [6.07, 6.45) is 3.17. The second-order valence-electron chi connectivity index (χ2n) is 3.14. The van der Waals surface area contributed by atoms with Crippen molar-refractivity contribution < 1.29 is 23.6 Å². The molecule has 0 aromatic rings. The van der Waals surface area contributed by atoms with E-state index in [1.54, 1.807) is 0 Å². The molecule has 0 spiro atoms. The van der Waals surface area contributed by atoms with Gasteiger partial charge in [-0.2, -0.15) is 0 Å². The van der Waals surface area contributed by atoms with Crippen molar-refractivity contribution in [1.29, 1.82) is 0 Å². The minimum Gasteiger partial charge on any atom is -0.367 e. The normalized spacial score (nSPS) is 27.6. The Bertz CT molecular complexity index is 201. The molecule has 0 aromatic carbocycles. The third-order valence-corrected chi connectivity index (χ3v) is 2.42. The van der Waals surface area contributed by atoms with E-state index in [2.05, 4.69) is 11.4 Å². The van der Waals surface area contributed by atoms with Crippen LogP contribution < -0.4 is 0 Å². The lowest BCUT2D eigenvalue weighted by molar-refractivity contribution is 0.179. The van der Waals surface area contributed by atoms with Gasteiger partial charge in [0.15, 0.2) is 0 Å². The highest BCUT2D eigenvalue weighted by molar-refractivity contribution is 7.46. The standard InChI is InChI=1S/C7H15O5P/c1-2-3-4-6-7(12-6)5-11-13(8,9)10/h6-7H,2-5H2,1H3,(H2,8,9,10). The molecule has 0 radical (unpaired) electrons. The summed E-state index contributed by atoms with van der Waals surface area (Å²) in [6, 6.07) is 0. The van der Waals surface area contributed by atoms with E-state index < -0.39 is 7.82 Å². The zero-order chi connectivity index (χ0) is 9.90. The zero-order valence-electron chi connectivity index (χ0n) is 7.55. The van der Waals surface area contributed by atoms with Crippen LogP contribution in [0.5, 0.6) is 0 Å². The van der Waals surface area contributed by atoms with Crippen LogP contribution in [0.1, 0.15) is 26.2 Å². The zero-order valence-corrected chi connectivity index (χ0v) is 8.44. The Morgan fingerprint density at radius 3 is 2.69 bits per heavy atom. The van der Waals surface area contributed by atoms with E-state index in [9.17, 15) is 4.57 Å². The third kappa shape index (κ3) is 4.74. The van der Waals surface area contributed by atoms with Gasteiger partial charge in [0.25, 0.3) is 0 Å². The van der Waals surface area contributed by atoms with Crippen LogP contribution in [0.4, 0.5) is 0 Å². The van der Waals surface area contributed by atoms with Gasteiger partial charge in [0.2, 0.25) is 0 Å². The molecule has 1 rings (SSSR count). The minimum absolute atomic E-state index is 0.00133. The number of hydrogen-bond donors (Lipinski definition) is 2. The van der Waals surface area contributed by atoms with Crippen LogP contribution in [0.15, 0.2) is 0 Å². The molecule has 5 nitrogen and oxygen atoms in total. The summed E-state index contributed by atoms with van der Waals surface area (Å²) < 4.78 is 19.8. The molecule has 0 aromatic heterocycles. The number of rotatable bonds is 6. The van der Waals surface area contributed by atoms with Crippen molar-refractivity contribution in [2.45, 2.75) is 38.4 Å². The molecule has 1 fully saturated rings. The predicted molar refractivity (Wildman–Crippen MR) is 46.2 cm³/mol. The van der Waals surface area contributed by atoms with Gasteiger partial charge in [0.1, 0.15) is 6.10 Å². The molecule has 0 aliphatic carbocycles. The van der Waals surface area contributed by atoms with Crippen LogP contribution in [-0.2, 0) is 13.8 Å². The minimum atomic E-state index is -4.31. The van der Waals surface area contributed by atoms with Crippen LogP contribution in [0.2, 0.25) is 0 Å². The Morgan fingerprint density at radius 1 is 1.46 bits per heavy atom. The quantitative estimate of drug-likeness (QED) is 0.506. The summed E-state index contributed by atoms with van der Waals surface area (Å²) in [6.45, 7) is 2.09. The van der Waals surface area contributed by atoms with E-state index in [0.29, 0.717) is 0 Å². The van der Waals surface area contributed by atoms with Gasteiger partial charge in [-0.15, -0.1) is 0 Å². The molecular weight excluding hydrogens is 195 g/mol. The van der Waals surface area contributed by atoms with E-state index in [0.717, 1.165) is 19.3 Å². The van der Waals surface area contributed by atoms with Crippen LogP contribution in [0.25, 0.3) is 0 Å². The second kappa shape index (κ2) is 4.53. The van der Waals surface area contributed by atoms with Crippen molar-refractivity contribution in [2.75, 3.05) is 6.61 Å². The number of epoxide rings is 1. The summed E-state index contributed by atoms with van der Waals surface area (Å²) in [4.78, 5) is 16.8. The topological polar surface area (TPSA) is 79.3 Å². The van der Waals surface area contributed by atoms with Gasteiger partial charge in [0.05, 0.1) is 12.7 Å². The molecule has 2 atom stereocenters. The van der Waals surface area contributed by atoms with Crippen LogP contribution in [-0.4, -0.2) is 28.6 Å². The van der Waals surface area contributed by atoms with Crippen LogP contribution >= 0.6 is 7.82 Å². The van der Waals surface area contributed by atoms with Gasteiger partial charge in [-0.25, -0.2) is 4.57 Å². The summed E-state index contributed by atoms with van der Waals surface area (Å²) in [5.74, 6) is 0. The average Bonchev–Trinajstić information content (AvgIpc) is 2.75. The van der Waals surface area contributed by atoms with Gasteiger partial charge >= 0.3 is 7.82 Å². The maximum Gasteiger partial charge on any atom is 0.469 e. The largest absolute Gasteiger partial charge is 0.469 e. The summed E-state index contributed by atoms with van der Waals surface area (Å²) in [5, 5.41) is 0. The van der Waals surface area contributed by atoms with E-state index in [1.165, 1.54) is 0 Å². The number of phosphoric ester groups is 1. The van der Waals surface area contributed by atoms with E-state index >= 15 is 0 Å². The number of phosphoric acid groups is 1. The third-order valence-electron chi connectivity index (χ3n) is 1.94. The molecule has 6 heteroatoms.